The van der Waals surface area contributed by atoms with E-state index in [1.165, 1.54) is 30.5 Å². The number of carbonyl (C=O) groups is 3. The van der Waals surface area contributed by atoms with Gasteiger partial charge in [-0.05, 0) is 49.9 Å². The zero-order valence-corrected chi connectivity index (χ0v) is 21.8. The molecule has 0 bridgehead atoms. The summed E-state index contributed by atoms with van der Waals surface area (Å²) in [4.78, 5) is 41.9. The number of rotatable bonds is 9. The molecule has 3 amide bonds. The van der Waals surface area contributed by atoms with Crippen molar-refractivity contribution in [2.75, 3.05) is 25.7 Å². The van der Waals surface area contributed by atoms with Crippen molar-refractivity contribution in [1.82, 2.24) is 10.6 Å². The van der Waals surface area contributed by atoms with E-state index in [0.29, 0.717) is 27.6 Å². The van der Waals surface area contributed by atoms with Gasteiger partial charge in [0, 0.05) is 11.6 Å². The lowest BCUT2D eigenvalue weighted by atomic mass is 10.0. The fourth-order valence-corrected chi connectivity index (χ4v) is 4.27. The minimum atomic E-state index is -1.04. The van der Waals surface area contributed by atoms with Gasteiger partial charge < -0.3 is 20.1 Å². The molecule has 0 aliphatic carbocycles. The van der Waals surface area contributed by atoms with E-state index in [1.807, 2.05) is 26.8 Å². The lowest BCUT2D eigenvalue weighted by Gasteiger charge is -2.34. The minimum Gasteiger partial charge on any atom is -0.497 e. The Morgan fingerprint density at radius 1 is 0.972 bits per heavy atom. The second-order valence-electron chi connectivity index (χ2n) is 9.01. The third-order valence-corrected chi connectivity index (χ3v) is 6.05. The van der Waals surface area contributed by atoms with Gasteiger partial charge in [-0.15, -0.1) is 11.3 Å². The van der Waals surface area contributed by atoms with Crippen molar-refractivity contribution in [2.24, 2.45) is 0 Å². The molecule has 0 radical (unpaired) electrons. The van der Waals surface area contributed by atoms with E-state index in [0.717, 1.165) is 0 Å². The molecule has 2 N–H and O–H groups in total. The standard InChI is InChI=1S/C27H31N3O5S/c1-27(2,3)29-26(33)24(18-10-7-6-8-11-18)30(20-16-19(34-4)13-14-21(20)35-5)23(31)17-28-25(32)22-12-9-15-36-22/h6-16,24H,17H2,1-5H3,(H,28,32)(H,29,33)/t24-/m1/s1. The average Bonchev–Trinajstić information content (AvgIpc) is 3.40. The molecule has 3 rings (SSSR count). The second-order valence-corrected chi connectivity index (χ2v) is 9.96. The molecule has 0 saturated carbocycles. The maximum absolute atomic E-state index is 13.8. The van der Waals surface area contributed by atoms with E-state index in [1.54, 1.807) is 60.0 Å². The number of methoxy groups -OCH3 is 2. The molecule has 2 aromatic carbocycles. The molecule has 0 spiro atoms. The zero-order valence-electron chi connectivity index (χ0n) is 21.0. The monoisotopic (exact) mass is 509 g/mol. The van der Waals surface area contributed by atoms with Gasteiger partial charge in [-0.2, -0.15) is 0 Å². The van der Waals surface area contributed by atoms with Crippen LogP contribution >= 0.6 is 11.3 Å². The van der Waals surface area contributed by atoms with Gasteiger partial charge in [0.2, 0.25) is 11.8 Å². The fraction of sp³-hybridized carbons (Fsp3) is 0.296. The summed E-state index contributed by atoms with van der Waals surface area (Å²) in [7, 11) is 3.00. The Morgan fingerprint density at radius 3 is 2.28 bits per heavy atom. The van der Waals surface area contributed by atoms with Gasteiger partial charge in [-0.1, -0.05) is 36.4 Å². The number of anilines is 1. The van der Waals surface area contributed by atoms with Crippen LogP contribution in [0.4, 0.5) is 5.69 Å². The van der Waals surface area contributed by atoms with E-state index in [2.05, 4.69) is 10.6 Å². The number of hydrogen-bond acceptors (Lipinski definition) is 6. The number of nitrogens with one attached hydrogen (secondary N) is 2. The molecule has 1 atom stereocenters. The van der Waals surface area contributed by atoms with Crippen molar-refractivity contribution in [2.45, 2.75) is 32.4 Å². The number of nitrogens with zero attached hydrogens (tertiary/aromatic N) is 1. The molecular weight excluding hydrogens is 478 g/mol. The van der Waals surface area contributed by atoms with Crippen LogP contribution in [-0.4, -0.2) is 44.0 Å². The summed E-state index contributed by atoms with van der Waals surface area (Å²) in [5, 5.41) is 7.44. The van der Waals surface area contributed by atoms with Crippen LogP contribution in [0.3, 0.4) is 0 Å². The summed E-state index contributed by atoms with van der Waals surface area (Å²) < 4.78 is 11.0. The Kier molecular flexibility index (Phi) is 8.71. The number of carbonyl (C=O) groups excluding carboxylic acids is 3. The molecule has 3 aromatic rings. The summed E-state index contributed by atoms with van der Waals surface area (Å²) in [5.74, 6) is -0.389. The first-order valence-electron chi connectivity index (χ1n) is 11.4. The molecule has 0 aliphatic rings. The Labute approximate surface area is 215 Å². The van der Waals surface area contributed by atoms with Crippen LogP contribution in [0.1, 0.15) is 42.0 Å². The lowest BCUT2D eigenvalue weighted by Crippen LogP contribution is -2.51. The maximum Gasteiger partial charge on any atom is 0.261 e. The van der Waals surface area contributed by atoms with Crippen molar-refractivity contribution >= 4 is 34.7 Å². The Bertz CT molecular complexity index is 1190. The summed E-state index contributed by atoms with van der Waals surface area (Å²) >= 11 is 1.28. The number of amides is 3. The smallest absolute Gasteiger partial charge is 0.261 e. The molecule has 0 unspecified atom stereocenters. The van der Waals surface area contributed by atoms with Crippen LogP contribution in [0.5, 0.6) is 11.5 Å². The van der Waals surface area contributed by atoms with Crippen LogP contribution < -0.4 is 25.0 Å². The second kappa shape index (κ2) is 11.7. The molecule has 0 fully saturated rings. The average molecular weight is 510 g/mol. The molecule has 9 heteroatoms. The van der Waals surface area contributed by atoms with Crippen LogP contribution in [0.2, 0.25) is 0 Å². The molecular formula is C27H31N3O5S. The number of hydrogen-bond donors (Lipinski definition) is 2. The van der Waals surface area contributed by atoms with Gasteiger partial charge in [-0.25, -0.2) is 0 Å². The Balaban J connectivity index is 2.11. The molecule has 0 aliphatic heterocycles. The minimum absolute atomic E-state index is 0.330. The van der Waals surface area contributed by atoms with Crippen molar-refractivity contribution in [3.05, 3.63) is 76.5 Å². The lowest BCUT2D eigenvalue weighted by molar-refractivity contribution is -0.127. The molecule has 8 nitrogen and oxygen atoms in total. The maximum atomic E-state index is 13.8. The number of ether oxygens (including phenoxy) is 2. The highest BCUT2D eigenvalue weighted by molar-refractivity contribution is 7.12. The van der Waals surface area contributed by atoms with E-state index < -0.39 is 17.5 Å². The molecule has 0 saturated heterocycles. The number of benzene rings is 2. The SMILES string of the molecule is COc1ccc(OC)c(N(C(=O)CNC(=O)c2cccs2)[C@@H](C(=O)NC(C)(C)C)c2ccccc2)c1. The summed E-state index contributed by atoms with van der Waals surface area (Å²) in [6, 6.07) is 16.4. The van der Waals surface area contributed by atoms with E-state index in [-0.39, 0.29) is 18.4 Å². The van der Waals surface area contributed by atoms with E-state index in [4.69, 9.17) is 9.47 Å². The molecule has 36 heavy (non-hydrogen) atoms. The summed E-state index contributed by atoms with van der Waals surface area (Å²) in [6.07, 6.45) is 0. The van der Waals surface area contributed by atoms with Crippen LogP contribution in [0.25, 0.3) is 0 Å². The quantitative estimate of drug-likeness (QED) is 0.451. The van der Waals surface area contributed by atoms with E-state index >= 15 is 0 Å². The van der Waals surface area contributed by atoms with Gasteiger partial charge in [-0.3, -0.25) is 19.3 Å². The van der Waals surface area contributed by atoms with Crippen LogP contribution in [-0.2, 0) is 9.59 Å². The third-order valence-electron chi connectivity index (χ3n) is 5.18. The van der Waals surface area contributed by atoms with Crippen molar-refractivity contribution in [3.63, 3.8) is 0 Å². The van der Waals surface area contributed by atoms with Gasteiger partial charge in [0.25, 0.3) is 5.91 Å². The molecule has 1 aromatic heterocycles. The van der Waals surface area contributed by atoms with Gasteiger partial charge in [0.05, 0.1) is 31.3 Å². The van der Waals surface area contributed by atoms with Crippen molar-refractivity contribution in [3.8, 4) is 11.5 Å². The summed E-state index contributed by atoms with van der Waals surface area (Å²) in [5.41, 5.74) is 0.386. The normalized spacial score (nSPS) is 11.8. The first kappa shape index (κ1) is 26.7. The van der Waals surface area contributed by atoms with Gasteiger partial charge in [0.15, 0.2) is 0 Å². The number of thiophene rings is 1. The fourth-order valence-electron chi connectivity index (χ4n) is 3.63. The van der Waals surface area contributed by atoms with Crippen molar-refractivity contribution in [1.29, 1.82) is 0 Å². The van der Waals surface area contributed by atoms with E-state index in [9.17, 15) is 14.4 Å². The first-order valence-corrected chi connectivity index (χ1v) is 12.3. The van der Waals surface area contributed by atoms with Crippen LogP contribution in [0.15, 0.2) is 66.0 Å². The predicted octanol–water partition coefficient (Wildman–Crippen LogP) is 4.18. The highest BCUT2D eigenvalue weighted by Crippen LogP contribution is 2.38. The van der Waals surface area contributed by atoms with Gasteiger partial charge >= 0.3 is 0 Å². The van der Waals surface area contributed by atoms with Crippen LogP contribution in [0, 0.1) is 0 Å². The highest BCUT2D eigenvalue weighted by Gasteiger charge is 2.36. The molecule has 1 heterocycles. The van der Waals surface area contributed by atoms with Gasteiger partial charge in [0.1, 0.15) is 17.5 Å². The summed E-state index contributed by atoms with van der Waals surface area (Å²) in [6.45, 7) is 5.27. The van der Waals surface area contributed by atoms with Crippen molar-refractivity contribution < 1.29 is 23.9 Å². The molecule has 190 valence electrons. The Morgan fingerprint density at radius 2 is 1.69 bits per heavy atom. The predicted molar refractivity (Wildman–Crippen MR) is 141 cm³/mol. The highest BCUT2D eigenvalue weighted by atomic mass is 32.1. The zero-order chi connectivity index (χ0) is 26.3. The topological polar surface area (TPSA) is 97.0 Å². The largest absolute Gasteiger partial charge is 0.497 e. The first-order chi connectivity index (χ1) is 17.1. The Hall–Kier alpha value is -3.85. The third kappa shape index (κ3) is 6.63.